The molecular formula is C45H25N5. The number of nitrogens with zero attached hydrogens (tertiary/aromatic N) is 5. The molecule has 0 aliphatic carbocycles. The summed E-state index contributed by atoms with van der Waals surface area (Å²) in [4.78, 5) is 0. The Labute approximate surface area is 287 Å². The van der Waals surface area contributed by atoms with Crippen molar-refractivity contribution in [1.82, 2.24) is 9.13 Å². The summed E-state index contributed by atoms with van der Waals surface area (Å²) in [5.41, 5.74) is 10.7. The van der Waals surface area contributed by atoms with Gasteiger partial charge in [0.25, 0.3) is 0 Å². The van der Waals surface area contributed by atoms with E-state index in [1.165, 1.54) is 10.8 Å². The predicted octanol–water partition coefficient (Wildman–Crippen LogP) is 10.8. The smallest absolute Gasteiger partial charge is 0.102 e. The highest BCUT2D eigenvalue weighted by atomic mass is 15.0. The first-order valence-electron chi connectivity index (χ1n) is 16.3. The molecule has 9 aromatic rings. The summed E-state index contributed by atoms with van der Waals surface area (Å²) in [6.45, 7) is 0. The van der Waals surface area contributed by atoms with Crippen molar-refractivity contribution in [3.63, 3.8) is 0 Å². The lowest BCUT2D eigenvalue weighted by Gasteiger charge is -2.16. The lowest BCUT2D eigenvalue weighted by atomic mass is 9.92. The quantitative estimate of drug-likeness (QED) is 0.193. The molecule has 0 amide bonds. The lowest BCUT2D eigenvalue weighted by molar-refractivity contribution is 1.17. The molecule has 5 heteroatoms. The number of hydrogen-bond donors (Lipinski definition) is 0. The van der Waals surface area contributed by atoms with Crippen molar-refractivity contribution in [2.75, 3.05) is 0 Å². The van der Waals surface area contributed by atoms with E-state index in [2.05, 4.69) is 88.0 Å². The van der Waals surface area contributed by atoms with Gasteiger partial charge in [0.1, 0.15) is 6.07 Å². The van der Waals surface area contributed by atoms with Crippen LogP contribution in [0.5, 0.6) is 0 Å². The largest absolute Gasteiger partial charge is 0.309 e. The van der Waals surface area contributed by atoms with E-state index >= 15 is 0 Å². The molecule has 0 bridgehead atoms. The van der Waals surface area contributed by atoms with E-state index < -0.39 is 0 Å². The summed E-state index contributed by atoms with van der Waals surface area (Å²) < 4.78 is 4.37. The third kappa shape index (κ3) is 4.24. The Kier molecular flexibility index (Phi) is 6.56. The number of fused-ring (bicyclic) bond motifs is 6. The Morgan fingerprint density at radius 2 is 0.940 bits per heavy atom. The van der Waals surface area contributed by atoms with Gasteiger partial charge in [-0.15, -0.1) is 0 Å². The highest BCUT2D eigenvalue weighted by Gasteiger charge is 2.20. The van der Waals surface area contributed by atoms with E-state index in [9.17, 15) is 15.8 Å². The van der Waals surface area contributed by atoms with Crippen molar-refractivity contribution in [3.8, 4) is 51.8 Å². The molecule has 0 atom stereocenters. The Bertz CT molecular complexity index is 2920. The number of benzene rings is 7. The van der Waals surface area contributed by atoms with Crippen LogP contribution in [0.15, 0.2) is 152 Å². The summed E-state index contributed by atoms with van der Waals surface area (Å²) >= 11 is 0. The molecule has 0 unspecified atom stereocenters. The van der Waals surface area contributed by atoms with Crippen molar-refractivity contribution in [2.45, 2.75) is 0 Å². The fourth-order valence-electron chi connectivity index (χ4n) is 7.50. The highest BCUT2D eigenvalue weighted by Crippen LogP contribution is 2.40. The average Bonchev–Trinajstić information content (AvgIpc) is 3.69. The van der Waals surface area contributed by atoms with E-state index in [-0.39, 0.29) is 0 Å². The van der Waals surface area contributed by atoms with Crippen LogP contribution in [0, 0.1) is 34.0 Å². The predicted molar refractivity (Wildman–Crippen MR) is 200 cm³/mol. The summed E-state index contributed by atoms with van der Waals surface area (Å²) in [6, 6.07) is 57.6. The zero-order valence-corrected chi connectivity index (χ0v) is 26.7. The van der Waals surface area contributed by atoms with Gasteiger partial charge < -0.3 is 9.13 Å². The fraction of sp³-hybridized carbons (Fsp3) is 0. The molecule has 0 saturated carbocycles. The van der Waals surface area contributed by atoms with Crippen LogP contribution in [0.4, 0.5) is 0 Å². The molecule has 0 fully saturated rings. The van der Waals surface area contributed by atoms with Crippen molar-refractivity contribution >= 4 is 43.6 Å². The van der Waals surface area contributed by atoms with Crippen molar-refractivity contribution in [3.05, 3.63) is 168 Å². The van der Waals surface area contributed by atoms with Crippen LogP contribution in [0.1, 0.15) is 16.7 Å². The Balaban J connectivity index is 1.23. The average molecular weight is 636 g/mol. The fourth-order valence-corrected chi connectivity index (χ4v) is 7.50. The van der Waals surface area contributed by atoms with E-state index in [0.717, 1.165) is 66.5 Å². The molecule has 9 rings (SSSR count). The first-order valence-corrected chi connectivity index (χ1v) is 16.3. The van der Waals surface area contributed by atoms with Crippen LogP contribution in [0.3, 0.4) is 0 Å². The van der Waals surface area contributed by atoms with E-state index in [4.69, 9.17) is 0 Å². The van der Waals surface area contributed by atoms with Gasteiger partial charge in [0, 0.05) is 38.2 Å². The minimum Gasteiger partial charge on any atom is -0.309 e. The molecule has 230 valence electrons. The zero-order valence-electron chi connectivity index (χ0n) is 26.7. The minimum absolute atomic E-state index is 0.502. The second-order valence-corrected chi connectivity index (χ2v) is 12.3. The molecule has 0 spiro atoms. The van der Waals surface area contributed by atoms with Gasteiger partial charge in [-0.25, -0.2) is 0 Å². The molecule has 5 nitrogen and oxygen atoms in total. The summed E-state index contributed by atoms with van der Waals surface area (Å²) in [6.07, 6.45) is 0. The molecule has 2 aromatic heterocycles. The van der Waals surface area contributed by atoms with E-state index in [0.29, 0.717) is 16.7 Å². The summed E-state index contributed by atoms with van der Waals surface area (Å²) in [7, 11) is 0. The van der Waals surface area contributed by atoms with Gasteiger partial charge in [-0.3, -0.25) is 0 Å². The molecule has 0 radical (unpaired) electrons. The van der Waals surface area contributed by atoms with Crippen molar-refractivity contribution in [1.29, 1.82) is 15.8 Å². The van der Waals surface area contributed by atoms with Crippen molar-refractivity contribution in [2.24, 2.45) is 0 Å². The van der Waals surface area contributed by atoms with E-state index in [1.807, 2.05) is 91.0 Å². The summed E-state index contributed by atoms with van der Waals surface area (Å²) in [5.74, 6) is 0. The van der Waals surface area contributed by atoms with Gasteiger partial charge in [-0.2, -0.15) is 15.8 Å². The SMILES string of the molecule is N#Cc1ccc2c(c1)c1ccccc1n2-c1cccc(-c2ccc(-c3ccccc3-n3c4ccccc4c4ccccc43)c(C#N)c2)c1C#N. The normalized spacial score (nSPS) is 11.1. The van der Waals surface area contributed by atoms with E-state index in [1.54, 1.807) is 0 Å². The van der Waals surface area contributed by atoms with Gasteiger partial charge in [0.05, 0.1) is 62.3 Å². The molecule has 0 saturated heterocycles. The van der Waals surface area contributed by atoms with Gasteiger partial charge in [0.15, 0.2) is 0 Å². The zero-order chi connectivity index (χ0) is 33.8. The molecule has 7 aromatic carbocycles. The molecule has 2 heterocycles. The van der Waals surface area contributed by atoms with Crippen LogP contribution >= 0.6 is 0 Å². The molecule has 50 heavy (non-hydrogen) atoms. The minimum atomic E-state index is 0.502. The van der Waals surface area contributed by atoms with Crippen LogP contribution in [-0.4, -0.2) is 9.13 Å². The standard InChI is InChI=1S/C45H25N5/c46-26-29-20-23-45-38(24-29)37-13-4-8-18-43(37)50(45)44-19-9-14-32(39(44)28-48)30-21-22-33(31(25-30)27-47)34-10-1-5-15-40(34)49-41-16-6-2-11-35(41)36-12-3-7-17-42(36)49/h1-25H. The number of para-hydroxylation sites is 4. The van der Waals surface area contributed by atoms with Crippen LogP contribution in [-0.2, 0) is 0 Å². The lowest BCUT2D eigenvalue weighted by Crippen LogP contribution is -2.00. The third-order valence-corrected chi connectivity index (χ3v) is 9.66. The van der Waals surface area contributed by atoms with Crippen molar-refractivity contribution < 1.29 is 0 Å². The van der Waals surface area contributed by atoms with Gasteiger partial charge in [0.2, 0.25) is 0 Å². The van der Waals surface area contributed by atoms with Gasteiger partial charge in [-0.05, 0) is 60.2 Å². The maximum atomic E-state index is 10.7. The number of rotatable bonds is 4. The maximum absolute atomic E-state index is 10.7. The van der Waals surface area contributed by atoms with Crippen LogP contribution < -0.4 is 0 Å². The second-order valence-electron chi connectivity index (χ2n) is 12.3. The number of nitriles is 3. The molecule has 0 aliphatic heterocycles. The first kappa shape index (κ1) is 28.8. The summed E-state index contributed by atoms with van der Waals surface area (Å²) in [5, 5.41) is 35.2. The third-order valence-electron chi connectivity index (χ3n) is 9.66. The Morgan fingerprint density at radius 1 is 0.380 bits per heavy atom. The number of aromatic nitrogens is 2. The molecular weight excluding hydrogens is 611 g/mol. The monoisotopic (exact) mass is 635 g/mol. The van der Waals surface area contributed by atoms with Gasteiger partial charge >= 0.3 is 0 Å². The second kappa shape index (κ2) is 11.4. The van der Waals surface area contributed by atoms with Crippen LogP contribution in [0.25, 0.3) is 77.2 Å². The molecule has 0 aliphatic rings. The Hall–Kier alpha value is -7.39. The highest BCUT2D eigenvalue weighted by molar-refractivity contribution is 6.11. The maximum Gasteiger partial charge on any atom is 0.102 e. The molecule has 0 N–H and O–H groups in total. The first-order chi connectivity index (χ1) is 24.7. The number of hydrogen-bond acceptors (Lipinski definition) is 3. The van der Waals surface area contributed by atoms with Gasteiger partial charge in [-0.1, -0.05) is 97.1 Å². The Morgan fingerprint density at radius 3 is 1.60 bits per heavy atom. The topological polar surface area (TPSA) is 81.2 Å². The van der Waals surface area contributed by atoms with Crippen LogP contribution in [0.2, 0.25) is 0 Å².